The van der Waals surface area contributed by atoms with Gasteiger partial charge in [-0.3, -0.25) is 0 Å². The van der Waals surface area contributed by atoms with Crippen LogP contribution in [-0.2, 0) is 0 Å². The molecule has 0 aromatic rings. The first kappa shape index (κ1) is 54.1. The van der Waals surface area contributed by atoms with Gasteiger partial charge in [0.2, 0.25) is 0 Å². The Bertz CT molecular complexity index is 585. The standard InChI is InChI=1S/2C7H18N2O.C7H17NO.2C7H16O/c2*1-7(2,10)6(5-9)3-4-8;1-4-6(5-8)7(2,3)9;2*1-5-6(2)7(3,4)8/h2*6,10H,3-5,8-9H2,1-2H3;6,9H,4-5,8H2,1-3H3;2*6,8H,5H2,1-4H3. The molecular formula is C35H85N5O5. The Morgan fingerprint density at radius 2 is 0.622 bits per heavy atom. The SMILES string of the molecule is CC(C)(O)C(CN)CCN.CC(C)(O)C(CN)CCN.CCC(C)C(C)(C)O.CCC(C)C(C)(C)O.CCC(CN)C(C)(C)O. The minimum absolute atomic E-state index is 0.123. The highest BCUT2D eigenvalue weighted by Gasteiger charge is 2.25. The van der Waals surface area contributed by atoms with E-state index in [9.17, 15) is 25.5 Å². The Hall–Kier alpha value is -0.400. The maximum Gasteiger partial charge on any atom is 0.0632 e. The van der Waals surface area contributed by atoms with Gasteiger partial charge in [-0.25, -0.2) is 0 Å². The van der Waals surface area contributed by atoms with Gasteiger partial charge >= 0.3 is 0 Å². The Morgan fingerprint density at radius 3 is 0.644 bits per heavy atom. The van der Waals surface area contributed by atoms with Crippen molar-refractivity contribution in [2.24, 2.45) is 58.3 Å². The van der Waals surface area contributed by atoms with Crippen molar-refractivity contribution in [2.75, 3.05) is 32.7 Å². The highest BCUT2D eigenvalue weighted by atomic mass is 16.3. The van der Waals surface area contributed by atoms with Crippen molar-refractivity contribution in [3.8, 4) is 0 Å². The fourth-order valence-corrected chi connectivity index (χ4v) is 3.88. The molecule has 0 aliphatic rings. The van der Waals surface area contributed by atoms with Gasteiger partial charge in [0, 0.05) is 11.8 Å². The first-order valence-electron chi connectivity index (χ1n) is 17.1. The zero-order chi connectivity index (χ0) is 37.5. The summed E-state index contributed by atoms with van der Waals surface area (Å²) in [6.07, 6.45) is 4.62. The molecule has 0 aliphatic carbocycles. The van der Waals surface area contributed by atoms with Gasteiger partial charge in [0.15, 0.2) is 0 Å². The second-order valence-corrected chi connectivity index (χ2v) is 15.2. The number of hydrogen-bond donors (Lipinski definition) is 10. The van der Waals surface area contributed by atoms with Crippen LogP contribution in [-0.4, -0.2) is 86.3 Å². The second-order valence-electron chi connectivity index (χ2n) is 15.2. The molecular weight excluding hydrogens is 570 g/mol. The largest absolute Gasteiger partial charge is 0.390 e. The van der Waals surface area contributed by atoms with Crippen LogP contribution in [0.5, 0.6) is 0 Å². The quantitative estimate of drug-likeness (QED) is 0.123. The molecule has 15 N–H and O–H groups in total. The predicted molar refractivity (Wildman–Crippen MR) is 196 cm³/mol. The van der Waals surface area contributed by atoms with Crippen LogP contribution in [0.2, 0.25) is 0 Å². The minimum atomic E-state index is -0.686. The number of nitrogens with two attached hydrogens (primary N) is 5. The monoisotopic (exact) mass is 656 g/mol. The zero-order valence-electron chi connectivity index (χ0n) is 32.6. The van der Waals surface area contributed by atoms with E-state index in [1.165, 1.54) is 0 Å². The van der Waals surface area contributed by atoms with Gasteiger partial charge in [-0.15, -0.1) is 0 Å². The van der Waals surface area contributed by atoms with Crippen LogP contribution in [0.15, 0.2) is 0 Å². The van der Waals surface area contributed by atoms with Crippen molar-refractivity contribution < 1.29 is 25.5 Å². The molecule has 10 heteroatoms. The van der Waals surface area contributed by atoms with Crippen LogP contribution in [0.4, 0.5) is 0 Å². The van der Waals surface area contributed by atoms with Crippen molar-refractivity contribution in [2.45, 2.75) is 164 Å². The third-order valence-electron chi connectivity index (χ3n) is 9.01. The Balaban J connectivity index is -0.000000149. The summed E-state index contributed by atoms with van der Waals surface area (Å²) in [5, 5.41) is 46.9. The molecule has 0 aliphatic heterocycles. The summed E-state index contributed by atoms with van der Waals surface area (Å²) < 4.78 is 0. The van der Waals surface area contributed by atoms with Crippen LogP contribution in [0.25, 0.3) is 0 Å². The molecule has 0 amide bonds. The first-order chi connectivity index (χ1) is 20.0. The van der Waals surface area contributed by atoms with E-state index in [0.29, 0.717) is 44.6 Å². The topological polar surface area (TPSA) is 231 Å². The highest BCUT2D eigenvalue weighted by Crippen LogP contribution is 2.20. The molecule has 0 aromatic heterocycles. The lowest BCUT2D eigenvalue weighted by atomic mass is 9.88. The van der Waals surface area contributed by atoms with E-state index < -0.39 is 28.0 Å². The molecule has 45 heavy (non-hydrogen) atoms. The summed E-state index contributed by atoms with van der Waals surface area (Å²) in [6.45, 7) is 31.1. The van der Waals surface area contributed by atoms with Crippen molar-refractivity contribution in [3.63, 3.8) is 0 Å². The summed E-state index contributed by atoms with van der Waals surface area (Å²) in [7, 11) is 0. The second kappa shape index (κ2) is 26.5. The van der Waals surface area contributed by atoms with E-state index in [-0.39, 0.29) is 17.8 Å². The van der Waals surface area contributed by atoms with Gasteiger partial charge in [-0.1, -0.05) is 47.5 Å². The molecule has 10 nitrogen and oxygen atoms in total. The lowest BCUT2D eigenvalue weighted by Gasteiger charge is -2.27. The average molecular weight is 656 g/mol. The molecule has 0 rings (SSSR count). The molecule has 0 fully saturated rings. The van der Waals surface area contributed by atoms with Crippen molar-refractivity contribution in [3.05, 3.63) is 0 Å². The Kier molecular flexibility index (Phi) is 31.9. The predicted octanol–water partition coefficient (Wildman–Crippen LogP) is 3.71. The van der Waals surface area contributed by atoms with Crippen molar-refractivity contribution >= 4 is 0 Å². The van der Waals surface area contributed by atoms with E-state index in [1.807, 2.05) is 34.6 Å². The fraction of sp³-hybridized carbons (Fsp3) is 1.00. The van der Waals surface area contributed by atoms with E-state index in [0.717, 1.165) is 32.1 Å². The minimum Gasteiger partial charge on any atom is -0.390 e. The van der Waals surface area contributed by atoms with Crippen LogP contribution in [0.1, 0.15) is 136 Å². The summed E-state index contributed by atoms with van der Waals surface area (Å²) in [5.74, 6) is 1.29. The van der Waals surface area contributed by atoms with E-state index >= 15 is 0 Å². The van der Waals surface area contributed by atoms with E-state index in [4.69, 9.17) is 28.7 Å². The van der Waals surface area contributed by atoms with Crippen molar-refractivity contribution in [1.82, 2.24) is 0 Å². The third kappa shape index (κ3) is 33.3. The molecule has 5 atom stereocenters. The lowest BCUT2D eigenvalue weighted by Crippen LogP contribution is -2.37. The molecule has 0 radical (unpaired) electrons. The van der Waals surface area contributed by atoms with Crippen LogP contribution in [0.3, 0.4) is 0 Å². The third-order valence-corrected chi connectivity index (χ3v) is 9.01. The van der Waals surface area contributed by atoms with Crippen LogP contribution >= 0.6 is 0 Å². The summed E-state index contributed by atoms with van der Waals surface area (Å²) in [5.41, 5.74) is 24.0. The van der Waals surface area contributed by atoms with Gasteiger partial charge in [-0.05, 0) is 139 Å². The maximum absolute atomic E-state index is 9.47. The molecule has 0 heterocycles. The highest BCUT2D eigenvalue weighted by molar-refractivity contribution is 4.79. The van der Waals surface area contributed by atoms with Gasteiger partial charge in [0.25, 0.3) is 0 Å². The van der Waals surface area contributed by atoms with E-state index in [2.05, 4.69) is 27.7 Å². The average Bonchev–Trinajstić information content (AvgIpc) is 2.88. The van der Waals surface area contributed by atoms with E-state index in [1.54, 1.807) is 41.5 Å². The van der Waals surface area contributed by atoms with Gasteiger partial charge in [0.05, 0.1) is 28.0 Å². The Labute approximate surface area is 280 Å². The normalized spacial score (nSPS) is 15.7. The zero-order valence-corrected chi connectivity index (χ0v) is 32.6. The Morgan fingerprint density at radius 1 is 0.400 bits per heavy atom. The summed E-state index contributed by atoms with van der Waals surface area (Å²) in [6, 6.07) is 0. The van der Waals surface area contributed by atoms with Crippen molar-refractivity contribution in [1.29, 1.82) is 0 Å². The maximum atomic E-state index is 9.47. The molecule has 0 spiro atoms. The first-order valence-corrected chi connectivity index (χ1v) is 17.1. The lowest BCUT2D eigenvalue weighted by molar-refractivity contribution is 0.0177. The molecule has 0 saturated carbocycles. The molecule has 0 bridgehead atoms. The smallest absolute Gasteiger partial charge is 0.0632 e. The molecule has 0 saturated heterocycles. The van der Waals surface area contributed by atoms with Gasteiger partial charge in [0.1, 0.15) is 0 Å². The van der Waals surface area contributed by atoms with Crippen LogP contribution < -0.4 is 28.7 Å². The molecule has 5 unspecified atom stereocenters. The summed E-state index contributed by atoms with van der Waals surface area (Å²) in [4.78, 5) is 0. The molecule has 280 valence electrons. The number of hydrogen-bond acceptors (Lipinski definition) is 10. The fourth-order valence-electron chi connectivity index (χ4n) is 3.88. The molecule has 0 aromatic carbocycles. The van der Waals surface area contributed by atoms with Gasteiger partial charge < -0.3 is 54.2 Å². The van der Waals surface area contributed by atoms with Crippen LogP contribution in [0, 0.1) is 29.6 Å². The number of aliphatic hydroxyl groups is 5. The summed E-state index contributed by atoms with van der Waals surface area (Å²) >= 11 is 0. The number of rotatable bonds is 15. The van der Waals surface area contributed by atoms with Gasteiger partial charge in [-0.2, -0.15) is 0 Å².